The second-order valence-electron chi connectivity index (χ2n) is 6.01. The predicted octanol–water partition coefficient (Wildman–Crippen LogP) is 2.77. The Bertz CT molecular complexity index is 525. The molecule has 0 aliphatic heterocycles. The summed E-state index contributed by atoms with van der Waals surface area (Å²) >= 11 is 3.34. The third-order valence-electron chi connectivity index (χ3n) is 2.83. The molecule has 1 amide bonds. The van der Waals surface area contributed by atoms with Crippen LogP contribution in [0.4, 0.5) is 0 Å². The average molecular weight is 372 g/mol. The molecule has 5 nitrogen and oxygen atoms in total. The van der Waals surface area contributed by atoms with Crippen molar-refractivity contribution in [3.63, 3.8) is 0 Å². The topological polar surface area (TPSA) is 75.6 Å². The number of carbonyl (C=O) groups excluding carboxylic acids is 1. The minimum absolute atomic E-state index is 0.142. The number of hydrogen-bond acceptors (Lipinski definition) is 3. The predicted molar refractivity (Wildman–Crippen MR) is 87.7 cm³/mol. The summed E-state index contributed by atoms with van der Waals surface area (Å²) in [5.74, 6) is -1.37. The van der Waals surface area contributed by atoms with E-state index in [4.69, 9.17) is 4.74 Å². The summed E-state index contributed by atoms with van der Waals surface area (Å²) in [5, 5.41) is 11.7. The monoisotopic (exact) mass is 371 g/mol. The Morgan fingerprint density at radius 3 is 2.59 bits per heavy atom. The van der Waals surface area contributed by atoms with E-state index in [1.165, 1.54) is 0 Å². The molecule has 0 spiro atoms. The summed E-state index contributed by atoms with van der Waals surface area (Å²) in [6.07, 6.45) is 0.375. The summed E-state index contributed by atoms with van der Waals surface area (Å²) in [6, 6.07) is 6.41. The number of hydrogen-bond donors (Lipinski definition) is 2. The van der Waals surface area contributed by atoms with Crippen molar-refractivity contribution in [3.05, 3.63) is 34.3 Å². The first-order valence-corrected chi connectivity index (χ1v) is 7.87. The molecular formula is C16H22BrNO4. The number of ether oxygens (including phenoxy) is 1. The second kappa shape index (κ2) is 8.29. The molecule has 0 aliphatic carbocycles. The van der Waals surface area contributed by atoms with Crippen LogP contribution in [0.25, 0.3) is 0 Å². The number of rotatable bonds is 7. The quantitative estimate of drug-likeness (QED) is 0.772. The molecule has 1 atom stereocenters. The third-order valence-corrected chi connectivity index (χ3v) is 3.32. The van der Waals surface area contributed by atoms with Gasteiger partial charge in [0.1, 0.15) is 6.04 Å². The van der Waals surface area contributed by atoms with E-state index in [2.05, 4.69) is 21.2 Å². The zero-order valence-corrected chi connectivity index (χ0v) is 14.6. The van der Waals surface area contributed by atoms with Gasteiger partial charge >= 0.3 is 5.97 Å². The fourth-order valence-corrected chi connectivity index (χ4v) is 2.26. The number of carbonyl (C=O) groups is 2. The molecule has 2 N–H and O–H groups in total. The molecule has 0 saturated heterocycles. The molecule has 0 radical (unpaired) electrons. The van der Waals surface area contributed by atoms with E-state index in [1.807, 2.05) is 45.0 Å². The molecule has 0 heterocycles. The number of halogens is 1. The van der Waals surface area contributed by atoms with E-state index in [0.29, 0.717) is 0 Å². The van der Waals surface area contributed by atoms with Crippen LogP contribution < -0.4 is 5.32 Å². The lowest BCUT2D eigenvalue weighted by molar-refractivity contribution is -0.142. The lowest BCUT2D eigenvalue weighted by Crippen LogP contribution is -2.42. The zero-order chi connectivity index (χ0) is 16.8. The van der Waals surface area contributed by atoms with E-state index in [0.717, 1.165) is 10.0 Å². The van der Waals surface area contributed by atoms with Gasteiger partial charge in [0.25, 0.3) is 0 Å². The molecule has 1 aromatic rings. The van der Waals surface area contributed by atoms with Crippen molar-refractivity contribution in [2.24, 2.45) is 0 Å². The van der Waals surface area contributed by atoms with E-state index in [-0.39, 0.29) is 31.0 Å². The molecule has 0 aliphatic rings. The van der Waals surface area contributed by atoms with Gasteiger partial charge in [-0.3, -0.25) is 4.79 Å². The number of carboxylic acid groups (broad SMARTS) is 1. The van der Waals surface area contributed by atoms with Crippen molar-refractivity contribution in [2.75, 3.05) is 6.61 Å². The van der Waals surface area contributed by atoms with Crippen molar-refractivity contribution < 1.29 is 19.4 Å². The van der Waals surface area contributed by atoms with Gasteiger partial charge in [-0.25, -0.2) is 4.79 Å². The minimum atomic E-state index is -1.06. The summed E-state index contributed by atoms with van der Waals surface area (Å²) in [4.78, 5) is 23.2. The van der Waals surface area contributed by atoms with Crippen molar-refractivity contribution >= 4 is 27.8 Å². The second-order valence-corrected chi connectivity index (χ2v) is 6.93. The number of amides is 1. The van der Waals surface area contributed by atoms with Crippen LogP contribution in [0, 0.1) is 0 Å². The zero-order valence-electron chi connectivity index (χ0n) is 13.1. The Balaban J connectivity index is 2.52. The summed E-state index contributed by atoms with van der Waals surface area (Å²) in [7, 11) is 0. The van der Waals surface area contributed by atoms with Gasteiger partial charge in [-0.15, -0.1) is 0 Å². The highest BCUT2D eigenvalue weighted by Gasteiger charge is 2.21. The van der Waals surface area contributed by atoms with E-state index in [1.54, 1.807) is 0 Å². The number of aliphatic carboxylic acids is 1. The highest BCUT2D eigenvalue weighted by Crippen LogP contribution is 2.12. The Labute approximate surface area is 139 Å². The van der Waals surface area contributed by atoms with Gasteiger partial charge in [0.2, 0.25) is 5.91 Å². The Kier molecular flexibility index (Phi) is 7.03. The van der Waals surface area contributed by atoms with Crippen molar-refractivity contribution in [2.45, 2.75) is 45.3 Å². The normalized spacial score (nSPS) is 12.7. The van der Waals surface area contributed by atoms with E-state index >= 15 is 0 Å². The summed E-state index contributed by atoms with van der Waals surface area (Å²) < 4.78 is 6.39. The fraction of sp³-hybridized carbons (Fsp3) is 0.500. The van der Waals surface area contributed by atoms with Crippen LogP contribution in [-0.4, -0.2) is 35.2 Å². The summed E-state index contributed by atoms with van der Waals surface area (Å²) in [5.41, 5.74) is 0.491. The van der Waals surface area contributed by atoms with Crippen molar-refractivity contribution in [3.8, 4) is 0 Å². The standard InChI is InChI=1S/C16H22BrNO4/c1-16(2,3)22-8-7-13(15(20)21)18-14(19)10-11-5-4-6-12(17)9-11/h4-6,9,13H,7-8,10H2,1-3H3,(H,18,19)(H,20,21). The Morgan fingerprint density at radius 1 is 1.36 bits per heavy atom. The van der Waals surface area contributed by atoms with E-state index in [9.17, 15) is 14.7 Å². The first-order chi connectivity index (χ1) is 10.2. The first kappa shape index (κ1) is 18.6. The van der Waals surface area contributed by atoms with Crippen LogP contribution in [0.2, 0.25) is 0 Å². The molecule has 0 saturated carbocycles. The molecule has 1 rings (SSSR count). The molecular weight excluding hydrogens is 350 g/mol. The van der Waals surface area contributed by atoms with Crippen LogP contribution in [0.5, 0.6) is 0 Å². The molecule has 1 aromatic carbocycles. The largest absolute Gasteiger partial charge is 0.480 e. The van der Waals surface area contributed by atoms with E-state index < -0.39 is 12.0 Å². The maximum absolute atomic E-state index is 12.0. The maximum atomic E-state index is 12.0. The molecule has 22 heavy (non-hydrogen) atoms. The number of carboxylic acids is 1. The molecule has 0 fully saturated rings. The van der Waals surface area contributed by atoms with Crippen LogP contribution >= 0.6 is 15.9 Å². The first-order valence-electron chi connectivity index (χ1n) is 7.08. The third kappa shape index (κ3) is 7.56. The van der Waals surface area contributed by atoms with Crippen LogP contribution in [-0.2, 0) is 20.7 Å². The molecule has 0 aromatic heterocycles. The Hall–Kier alpha value is -1.40. The van der Waals surface area contributed by atoms with Gasteiger partial charge in [-0.2, -0.15) is 0 Å². The van der Waals surface area contributed by atoms with Crippen LogP contribution in [0.1, 0.15) is 32.8 Å². The molecule has 122 valence electrons. The van der Waals surface area contributed by atoms with Gasteiger partial charge in [0, 0.05) is 17.5 Å². The molecule has 0 bridgehead atoms. The summed E-state index contributed by atoms with van der Waals surface area (Å²) in [6.45, 7) is 5.97. The average Bonchev–Trinajstić information content (AvgIpc) is 2.35. The Morgan fingerprint density at radius 2 is 2.05 bits per heavy atom. The maximum Gasteiger partial charge on any atom is 0.326 e. The van der Waals surface area contributed by atoms with Gasteiger partial charge in [-0.05, 0) is 38.5 Å². The number of benzene rings is 1. The molecule has 1 unspecified atom stereocenters. The lowest BCUT2D eigenvalue weighted by atomic mass is 10.1. The fourth-order valence-electron chi connectivity index (χ4n) is 1.82. The smallest absolute Gasteiger partial charge is 0.326 e. The molecule has 6 heteroatoms. The lowest BCUT2D eigenvalue weighted by Gasteiger charge is -2.21. The van der Waals surface area contributed by atoms with Crippen LogP contribution in [0.15, 0.2) is 28.7 Å². The highest BCUT2D eigenvalue weighted by atomic mass is 79.9. The van der Waals surface area contributed by atoms with Crippen LogP contribution in [0.3, 0.4) is 0 Å². The highest BCUT2D eigenvalue weighted by molar-refractivity contribution is 9.10. The van der Waals surface area contributed by atoms with Gasteiger partial charge < -0.3 is 15.2 Å². The minimum Gasteiger partial charge on any atom is -0.480 e. The van der Waals surface area contributed by atoms with Gasteiger partial charge in [0.05, 0.1) is 12.0 Å². The van der Waals surface area contributed by atoms with Gasteiger partial charge in [-0.1, -0.05) is 28.1 Å². The van der Waals surface area contributed by atoms with Crippen molar-refractivity contribution in [1.82, 2.24) is 5.32 Å². The number of nitrogens with one attached hydrogen (secondary N) is 1. The van der Waals surface area contributed by atoms with Gasteiger partial charge in [0.15, 0.2) is 0 Å². The van der Waals surface area contributed by atoms with Crippen molar-refractivity contribution in [1.29, 1.82) is 0 Å². The SMILES string of the molecule is CC(C)(C)OCCC(NC(=O)Cc1cccc(Br)c1)C(=O)O.